The summed E-state index contributed by atoms with van der Waals surface area (Å²) in [7, 11) is 1.58. The maximum Gasteiger partial charge on any atom is 0.245 e. The van der Waals surface area contributed by atoms with Gasteiger partial charge in [-0.1, -0.05) is 26.7 Å². The second-order valence-corrected chi connectivity index (χ2v) is 5.69. The molecule has 116 valence electrons. The lowest BCUT2D eigenvalue weighted by Crippen LogP contribution is -2.54. The first-order valence-corrected chi connectivity index (χ1v) is 7.61. The lowest BCUT2D eigenvalue weighted by Gasteiger charge is -2.28. The second kappa shape index (κ2) is 7.62. The van der Waals surface area contributed by atoms with Gasteiger partial charge in [-0.3, -0.25) is 9.59 Å². The third kappa shape index (κ3) is 4.47. The van der Waals surface area contributed by atoms with Crippen molar-refractivity contribution in [1.29, 1.82) is 0 Å². The SMILES string of the molecule is CCCC(CC)COC1(C(NC(C)=O)C(=O)NC)CC1. The molecule has 2 amide bonds. The molecule has 0 aromatic carbocycles. The minimum absolute atomic E-state index is 0.179. The zero-order valence-corrected chi connectivity index (χ0v) is 13.1. The van der Waals surface area contributed by atoms with Gasteiger partial charge in [-0.25, -0.2) is 0 Å². The molecule has 1 aliphatic carbocycles. The first kappa shape index (κ1) is 17.0. The Morgan fingerprint density at radius 3 is 2.35 bits per heavy atom. The molecule has 0 bridgehead atoms. The molecule has 5 nitrogen and oxygen atoms in total. The fraction of sp³-hybridized carbons (Fsp3) is 0.867. The minimum atomic E-state index is -0.580. The smallest absolute Gasteiger partial charge is 0.245 e. The predicted octanol–water partition coefficient (Wildman–Crippen LogP) is 1.61. The van der Waals surface area contributed by atoms with Crippen LogP contribution in [0.1, 0.15) is 52.9 Å². The number of carbonyl (C=O) groups excluding carboxylic acids is 2. The van der Waals surface area contributed by atoms with Crippen LogP contribution in [0.25, 0.3) is 0 Å². The highest BCUT2D eigenvalue weighted by molar-refractivity contribution is 5.88. The molecule has 2 unspecified atom stereocenters. The van der Waals surface area contributed by atoms with Crippen molar-refractivity contribution in [3.05, 3.63) is 0 Å². The molecule has 0 aromatic rings. The third-order valence-electron chi connectivity index (χ3n) is 4.01. The molecule has 0 aliphatic heterocycles. The van der Waals surface area contributed by atoms with Gasteiger partial charge in [0.15, 0.2) is 0 Å². The maximum absolute atomic E-state index is 12.0. The summed E-state index contributed by atoms with van der Waals surface area (Å²) in [6, 6.07) is -0.580. The zero-order valence-electron chi connectivity index (χ0n) is 13.1. The Balaban J connectivity index is 2.64. The summed E-state index contributed by atoms with van der Waals surface area (Å²) >= 11 is 0. The lowest BCUT2D eigenvalue weighted by molar-refractivity contribution is -0.134. The first-order valence-electron chi connectivity index (χ1n) is 7.61. The van der Waals surface area contributed by atoms with E-state index in [1.54, 1.807) is 7.05 Å². The number of hydrogen-bond acceptors (Lipinski definition) is 3. The summed E-state index contributed by atoms with van der Waals surface area (Å²) in [6.45, 7) is 6.42. The first-order chi connectivity index (χ1) is 9.49. The van der Waals surface area contributed by atoms with Gasteiger partial charge >= 0.3 is 0 Å². The zero-order chi connectivity index (χ0) is 15.2. The van der Waals surface area contributed by atoms with E-state index in [0.29, 0.717) is 12.5 Å². The van der Waals surface area contributed by atoms with Gasteiger partial charge in [-0.05, 0) is 25.2 Å². The molecular weight excluding hydrogens is 256 g/mol. The lowest BCUT2D eigenvalue weighted by atomic mass is 10.0. The van der Waals surface area contributed by atoms with Gasteiger partial charge < -0.3 is 15.4 Å². The van der Waals surface area contributed by atoms with Crippen molar-refractivity contribution in [3.8, 4) is 0 Å². The van der Waals surface area contributed by atoms with E-state index in [-0.39, 0.29) is 11.8 Å². The normalized spacial score (nSPS) is 19.0. The van der Waals surface area contributed by atoms with E-state index in [9.17, 15) is 9.59 Å². The van der Waals surface area contributed by atoms with Crippen LogP contribution in [0.5, 0.6) is 0 Å². The number of hydrogen-bond donors (Lipinski definition) is 2. The molecule has 0 spiro atoms. The van der Waals surface area contributed by atoms with Gasteiger partial charge in [0.05, 0.1) is 12.2 Å². The molecule has 0 saturated heterocycles. The number of ether oxygens (including phenoxy) is 1. The molecule has 1 saturated carbocycles. The summed E-state index contributed by atoms with van der Waals surface area (Å²) in [6.07, 6.45) is 5.01. The topological polar surface area (TPSA) is 67.4 Å². The van der Waals surface area contributed by atoms with Gasteiger partial charge in [0.25, 0.3) is 0 Å². The Kier molecular flexibility index (Phi) is 6.46. The Hall–Kier alpha value is -1.10. The standard InChI is InChI=1S/C15H28N2O3/c1-5-7-12(6-2)10-20-15(8-9-15)13(14(19)16-4)17-11(3)18/h12-13H,5-10H2,1-4H3,(H,16,19)(H,17,18). The quantitative estimate of drug-likeness (QED) is 0.676. The van der Waals surface area contributed by atoms with Gasteiger partial charge in [0, 0.05) is 14.0 Å². The van der Waals surface area contributed by atoms with Crippen LogP contribution in [0.2, 0.25) is 0 Å². The van der Waals surface area contributed by atoms with Crippen molar-refractivity contribution >= 4 is 11.8 Å². The molecule has 5 heteroatoms. The highest BCUT2D eigenvalue weighted by Crippen LogP contribution is 2.43. The van der Waals surface area contributed by atoms with E-state index in [1.165, 1.54) is 6.92 Å². The number of rotatable bonds is 9. The Morgan fingerprint density at radius 1 is 1.30 bits per heavy atom. The van der Waals surface area contributed by atoms with E-state index < -0.39 is 11.6 Å². The van der Waals surface area contributed by atoms with E-state index >= 15 is 0 Å². The molecule has 2 atom stereocenters. The van der Waals surface area contributed by atoms with Crippen molar-refractivity contribution in [2.75, 3.05) is 13.7 Å². The van der Waals surface area contributed by atoms with Crippen LogP contribution in [0, 0.1) is 5.92 Å². The molecular formula is C15H28N2O3. The van der Waals surface area contributed by atoms with Crippen molar-refractivity contribution < 1.29 is 14.3 Å². The summed E-state index contributed by atoms with van der Waals surface area (Å²) in [5.74, 6) is 0.149. The molecule has 1 rings (SSSR count). The summed E-state index contributed by atoms with van der Waals surface area (Å²) in [5.41, 5.74) is -0.493. The Labute approximate surface area is 121 Å². The summed E-state index contributed by atoms with van der Waals surface area (Å²) in [4.78, 5) is 23.3. The molecule has 1 fully saturated rings. The van der Waals surface area contributed by atoms with E-state index in [4.69, 9.17) is 4.74 Å². The van der Waals surface area contributed by atoms with Crippen LogP contribution in [-0.2, 0) is 14.3 Å². The van der Waals surface area contributed by atoms with E-state index in [1.807, 2.05) is 0 Å². The van der Waals surface area contributed by atoms with Crippen molar-refractivity contribution in [3.63, 3.8) is 0 Å². The van der Waals surface area contributed by atoms with Crippen LogP contribution in [0.4, 0.5) is 0 Å². The average molecular weight is 284 g/mol. The van der Waals surface area contributed by atoms with Gasteiger partial charge in [0.1, 0.15) is 6.04 Å². The van der Waals surface area contributed by atoms with Crippen molar-refractivity contribution in [2.24, 2.45) is 5.92 Å². The van der Waals surface area contributed by atoms with Gasteiger partial charge in [0.2, 0.25) is 11.8 Å². The highest BCUT2D eigenvalue weighted by atomic mass is 16.5. The fourth-order valence-electron chi connectivity index (χ4n) is 2.52. The Morgan fingerprint density at radius 2 is 1.95 bits per heavy atom. The molecule has 0 aromatic heterocycles. The van der Waals surface area contributed by atoms with Gasteiger partial charge in [-0.2, -0.15) is 0 Å². The van der Waals surface area contributed by atoms with Crippen molar-refractivity contribution in [1.82, 2.24) is 10.6 Å². The van der Waals surface area contributed by atoms with Crippen molar-refractivity contribution in [2.45, 2.75) is 64.5 Å². The molecule has 1 aliphatic rings. The maximum atomic E-state index is 12.0. The van der Waals surface area contributed by atoms with Crippen LogP contribution in [0.3, 0.4) is 0 Å². The highest BCUT2D eigenvalue weighted by Gasteiger charge is 2.54. The number of likely N-dealkylation sites (N-methyl/N-ethyl adjacent to an activating group) is 1. The molecule has 20 heavy (non-hydrogen) atoms. The van der Waals surface area contributed by atoms with Crippen LogP contribution in [0.15, 0.2) is 0 Å². The Bertz CT molecular complexity index is 340. The molecule has 0 heterocycles. The average Bonchev–Trinajstić information content (AvgIpc) is 3.20. The minimum Gasteiger partial charge on any atom is -0.372 e. The van der Waals surface area contributed by atoms with E-state index in [0.717, 1.165) is 32.1 Å². The summed E-state index contributed by atoms with van der Waals surface area (Å²) in [5, 5.41) is 5.34. The monoisotopic (exact) mass is 284 g/mol. The molecule has 0 radical (unpaired) electrons. The predicted molar refractivity (Wildman–Crippen MR) is 78.3 cm³/mol. The van der Waals surface area contributed by atoms with Crippen LogP contribution in [-0.4, -0.2) is 37.1 Å². The third-order valence-corrected chi connectivity index (χ3v) is 4.01. The fourth-order valence-corrected chi connectivity index (χ4v) is 2.52. The van der Waals surface area contributed by atoms with Crippen LogP contribution >= 0.6 is 0 Å². The summed E-state index contributed by atoms with van der Waals surface area (Å²) < 4.78 is 6.06. The number of carbonyl (C=O) groups is 2. The second-order valence-electron chi connectivity index (χ2n) is 5.69. The number of nitrogens with one attached hydrogen (secondary N) is 2. The van der Waals surface area contributed by atoms with Gasteiger partial charge in [-0.15, -0.1) is 0 Å². The van der Waals surface area contributed by atoms with E-state index in [2.05, 4.69) is 24.5 Å². The van der Waals surface area contributed by atoms with Crippen LogP contribution < -0.4 is 10.6 Å². The molecule has 2 N–H and O–H groups in total. The largest absolute Gasteiger partial charge is 0.372 e. The number of amides is 2.